The predicted octanol–water partition coefficient (Wildman–Crippen LogP) is 3.91. The maximum Gasteiger partial charge on any atom is 0.330 e. The first-order chi connectivity index (χ1) is 13.6. The van der Waals surface area contributed by atoms with Gasteiger partial charge in [0.15, 0.2) is 23.0 Å². The number of hydrogen-bond acceptors (Lipinski definition) is 6. The van der Waals surface area contributed by atoms with Gasteiger partial charge in [0.05, 0.1) is 35.0 Å². The topological polar surface area (TPSA) is 63.2 Å². The van der Waals surface area contributed by atoms with E-state index < -0.39 is 0 Å². The predicted molar refractivity (Wildman–Crippen MR) is 107 cm³/mol. The number of carbonyl (C=O) groups is 1. The van der Waals surface area contributed by atoms with Crippen LogP contribution in [0.2, 0.25) is 0 Å². The summed E-state index contributed by atoms with van der Waals surface area (Å²) in [4.78, 5) is 11.9. The van der Waals surface area contributed by atoms with Gasteiger partial charge in [-0.05, 0) is 54.3 Å². The summed E-state index contributed by atoms with van der Waals surface area (Å²) in [6.45, 7) is 0.337. The Labute approximate surface area is 165 Å². The Morgan fingerprint density at radius 2 is 1.43 bits per heavy atom. The fraction of sp³-hybridized carbons (Fsp3) is 0.318. The average molecular weight is 386 g/mol. The van der Waals surface area contributed by atoms with Gasteiger partial charge in [0.2, 0.25) is 0 Å². The molecule has 0 fully saturated rings. The van der Waals surface area contributed by atoms with Crippen molar-refractivity contribution in [2.75, 3.05) is 35.0 Å². The first kappa shape index (κ1) is 21.2. The molecule has 150 valence electrons. The largest absolute Gasteiger partial charge is 0.493 e. The molecule has 0 spiro atoms. The Kier molecular flexibility index (Phi) is 8.21. The van der Waals surface area contributed by atoms with Crippen molar-refractivity contribution in [1.29, 1.82) is 0 Å². The fourth-order valence-electron chi connectivity index (χ4n) is 2.65. The molecular formula is C22H26O6. The van der Waals surface area contributed by atoms with Crippen molar-refractivity contribution in [3.63, 3.8) is 0 Å². The third kappa shape index (κ3) is 5.94. The van der Waals surface area contributed by atoms with Crippen LogP contribution in [-0.2, 0) is 16.0 Å². The van der Waals surface area contributed by atoms with Gasteiger partial charge in [-0.15, -0.1) is 0 Å². The van der Waals surface area contributed by atoms with Gasteiger partial charge in [-0.25, -0.2) is 4.79 Å². The van der Waals surface area contributed by atoms with Gasteiger partial charge in [0.25, 0.3) is 0 Å². The number of ether oxygens (including phenoxy) is 5. The number of methoxy groups -OCH3 is 4. The zero-order valence-corrected chi connectivity index (χ0v) is 16.7. The zero-order valence-electron chi connectivity index (χ0n) is 16.7. The third-order valence-corrected chi connectivity index (χ3v) is 4.12. The second-order valence-corrected chi connectivity index (χ2v) is 5.91. The van der Waals surface area contributed by atoms with Crippen molar-refractivity contribution >= 4 is 12.0 Å². The quantitative estimate of drug-likeness (QED) is 0.350. The fourth-order valence-corrected chi connectivity index (χ4v) is 2.65. The summed E-state index contributed by atoms with van der Waals surface area (Å²) in [5.41, 5.74) is 1.91. The van der Waals surface area contributed by atoms with Crippen LogP contribution in [0.15, 0.2) is 42.5 Å². The molecule has 0 heterocycles. The minimum absolute atomic E-state index is 0.337. The van der Waals surface area contributed by atoms with Crippen molar-refractivity contribution in [2.24, 2.45) is 0 Å². The summed E-state index contributed by atoms with van der Waals surface area (Å²) in [6, 6.07) is 11.2. The van der Waals surface area contributed by atoms with Crippen LogP contribution >= 0.6 is 0 Å². The van der Waals surface area contributed by atoms with Crippen LogP contribution in [0.5, 0.6) is 23.0 Å². The normalized spacial score (nSPS) is 10.6. The maximum absolute atomic E-state index is 11.9. The van der Waals surface area contributed by atoms with Gasteiger partial charge in [0, 0.05) is 6.08 Å². The van der Waals surface area contributed by atoms with E-state index in [-0.39, 0.29) is 5.97 Å². The lowest BCUT2D eigenvalue weighted by molar-refractivity contribution is -0.137. The highest BCUT2D eigenvalue weighted by Gasteiger charge is 2.06. The highest BCUT2D eigenvalue weighted by Crippen LogP contribution is 2.28. The minimum Gasteiger partial charge on any atom is -0.493 e. The van der Waals surface area contributed by atoms with Gasteiger partial charge in [-0.3, -0.25) is 0 Å². The van der Waals surface area contributed by atoms with Crippen LogP contribution in [0.25, 0.3) is 6.08 Å². The SMILES string of the molecule is COc1ccc(/C=C/C(=O)OCCCc2ccc(OC)c(OC)c2)cc1OC. The molecule has 28 heavy (non-hydrogen) atoms. The molecule has 0 radical (unpaired) electrons. The molecule has 0 aliphatic carbocycles. The van der Waals surface area contributed by atoms with Crippen molar-refractivity contribution in [3.05, 3.63) is 53.6 Å². The molecule has 0 unspecified atom stereocenters. The lowest BCUT2D eigenvalue weighted by atomic mass is 10.1. The van der Waals surface area contributed by atoms with E-state index in [2.05, 4.69) is 0 Å². The first-order valence-electron chi connectivity index (χ1n) is 8.89. The van der Waals surface area contributed by atoms with E-state index in [9.17, 15) is 4.79 Å². The molecule has 6 nitrogen and oxygen atoms in total. The Balaban J connectivity index is 1.80. The van der Waals surface area contributed by atoms with E-state index in [4.69, 9.17) is 23.7 Å². The lowest BCUT2D eigenvalue weighted by Gasteiger charge is -2.09. The standard InChI is InChI=1S/C22H26O6/c1-24-18-10-7-16(14-20(18)26-3)6-5-13-28-22(23)12-9-17-8-11-19(25-2)21(15-17)27-4/h7-12,14-15H,5-6,13H2,1-4H3/b12-9+. The van der Waals surface area contributed by atoms with Crippen LogP contribution in [0.3, 0.4) is 0 Å². The summed E-state index contributed by atoms with van der Waals surface area (Å²) in [6.07, 6.45) is 4.56. The number of esters is 1. The zero-order chi connectivity index (χ0) is 20.4. The molecule has 0 bridgehead atoms. The highest BCUT2D eigenvalue weighted by molar-refractivity contribution is 5.87. The Bertz CT molecular complexity index is 813. The monoisotopic (exact) mass is 386 g/mol. The van der Waals surface area contributed by atoms with E-state index in [1.165, 1.54) is 6.08 Å². The maximum atomic E-state index is 11.9. The number of carbonyl (C=O) groups excluding carboxylic acids is 1. The van der Waals surface area contributed by atoms with E-state index in [1.54, 1.807) is 46.6 Å². The number of aryl methyl sites for hydroxylation is 1. The molecule has 0 N–H and O–H groups in total. The Morgan fingerprint density at radius 1 is 0.821 bits per heavy atom. The smallest absolute Gasteiger partial charge is 0.330 e. The van der Waals surface area contributed by atoms with Gasteiger partial charge < -0.3 is 23.7 Å². The second-order valence-electron chi connectivity index (χ2n) is 5.91. The number of hydrogen-bond donors (Lipinski definition) is 0. The molecule has 6 heteroatoms. The molecule has 2 aromatic rings. The van der Waals surface area contributed by atoms with Gasteiger partial charge in [-0.2, -0.15) is 0 Å². The van der Waals surface area contributed by atoms with Crippen LogP contribution in [0.1, 0.15) is 17.5 Å². The molecule has 0 atom stereocenters. The van der Waals surface area contributed by atoms with Crippen LogP contribution in [-0.4, -0.2) is 41.0 Å². The summed E-state index contributed by atoms with van der Waals surface area (Å²) in [5.74, 6) is 2.24. The molecule has 2 aromatic carbocycles. The Morgan fingerprint density at radius 3 is 2.07 bits per heavy atom. The first-order valence-corrected chi connectivity index (χ1v) is 8.89. The highest BCUT2D eigenvalue weighted by atomic mass is 16.5. The lowest BCUT2D eigenvalue weighted by Crippen LogP contribution is -2.03. The van der Waals surface area contributed by atoms with Gasteiger partial charge in [-0.1, -0.05) is 12.1 Å². The molecule has 2 rings (SSSR count). The van der Waals surface area contributed by atoms with E-state index >= 15 is 0 Å². The minimum atomic E-state index is -0.387. The molecule has 0 aliphatic heterocycles. The molecule has 0 amide bonds. The number of rotatable bonds is 10. The third-order valence-electron chi connectivity index (χ3n) is 4.12. The van der Waals surface area contributed by atoms with E-state index in [0.717, 1.165) is 17.5 Å². The number of benzene rings is 2. The Hall–Kier alpha value is -3.15. The molecule has 0 saturated heterocycles. The second kappa shape index (κ2) is 10.9. The molecule has 0 aromatic heterocycles. The van der Waals surface area contributed by atoms with Crippen LogP contribution < -0.4 is 18.9 Å². The summed E-state index contributed by atoms with van der Waals surface area (Å²) >= 11 is 0. The summed E-state index contributed by atoms with van der Waals surface area (Å²) in [5, 5.41) is 0. The van der Waals surface area contributed by atoms with Gasteiger partial charge in [0.1, 0.15) is 0 Å². The van der Waals surface area contributed by atoms with Crippen molar-refractivity contribution < 1.29 is 28.5 Å². The van der Waals surface area contributed by atoms with Crippen molar-refractivity contribution in [2.45, 2.75) is 12.8 Å². The molecule has 0 saturated carbocycles. The average Bonchev–Trinajstić information content (AvgIpc) is 2.74. The van der Waals surface area contributed by atoms with E-state index in [1.807, 2.05) is 24.3 Å². The molecule has 0 aliphatic rings. The van der Waals surface area contributed by atoms with Gasteiger partial charge >= 0.3 is 5.97 Å². The van der Waals surface area contributed by atoms with Crippen LogP contribution in [0.4, 0.5) is 0 Å². The van der Waals surface area contributed by atoms with Crippen LogP contribution in [0, 0.1) is 0 Å². The summed E-state index contributed by atoms with van der Waals surface area (Å²) in [7, 11) is 6.35. The van der Waals surface area contributed by atoms with Crippen molar-refractivity contribution in [1.82, 2.24) is 0 Å². The summed E-state index contributed by atoms with van der Waals surface area (Å²) < 4.78 is 26.2. The van der Waals surface area contributed by atoms with Crippen molar-refractivity contribution in [3.8, 4) is 23.0 Å². The van der Waals surface area contributed by atoms with E-state index in [0.29, 0.717) is 36.0 Å². The molecular weight excluding hydrogens is 360 g/mol.